The number of hydrogen-bond acceptors (Lipinski definition) is 4. The van der Waals surface area contributed by atoms with Gasteiger partial charge in [0.05, 0.1) is 5.56 Å². The first-order chi connectivity index (χ1) is 8.50. The molecule has 1 aliphatic rings. The van der Waals surface area contributed by atoms with Crippen molar-refractivity contribution in [3.05, 3.63) is 17.6 Å². The fraction of sp³-hybridized carbons (Fsp3) is 0.615. The smallest absolute Gasteiger partial charge is 0.143 e. The molecule has 3 N–H and O–H groups in total. The van der Waals surface area contributed by atoms with E-state index in [1.165, 1.54) is 6.42 Å². The van der Waals surface area contributed by atoms with Crippen LogP contribution in [0.2, 0.25) is 0 Å². The number of hydrogen-bond donors (Lipinski definition) is 2. The average molecular weight is 247 g/mol. The van der Waals surface area contributed by atoms with E-state index in [1.54, 1.807) is 6.20 Å². The normalized spacial score (nSPS) is 24.1. The Bertz CT molecular complexity index is 457. The molecule has 0 aliphatic carbocycles. The molecule has 2 unspecified atom stereocenters. The molecule has 1 fully saturated rings. The Morgan fingerprint density at radius 3 is 2.89 bits per heavy atom. The number of amidine groups is 1. The van der Waals surface area contributed by atoms with E-state index in [0.717, 1.165) is 24.6 Å². The molecule has 1 saturated heterocycles. The number of nitrogens with two attached hydrogens (primary N) is 1. The zero-order valence-corrected chi connectivity index (χ0v) is 11.3. The third-order valence-electron chi connectivity index (χ3n) is 3.82. The van der Waals surface area contributed by atoms with Gasteiger partial charge in [0.15, 0.2) is 0 Å². The summed E-state index contributed by atoms with van der Waals surface area (Å²) in [5.74, 6) is 2.21. The van der Waals surface area contributed by atoms with Gasteiger partial charge in [-0.05, 0) is 32.6 Å². The van der Waals surface area contributed by atoms with E-state index < -0.39 is 0 Å². The van der Waals surface area contributed by atoms with E-state index in [1.807, 2.05) is 6.92 Å². The van der Waals surface area contributed by atoms with Crippen LogP contribution in [-0.2, 0) is 0 Å². The van der Waals surface area contributed by atoms with Gasteiger partial charge in [0.25, 0.3) is 0 Å². The second kappa shape index (κ2) is 4.92. The molecule has 0 bridgehead atoms. The largest absolute Gasteiger partial charge is 0.384 e. The van der Waals surface area contributed by atoms with Gasteiger partial charge in [0.1, 0.15) is 17.5 Å². The highest BCUT2D eigenvalue weighted by Gasteiger charge is 2.28. The molecular weight excluding hydrogens is 226 g/mol. The minimum Gasteiger partial charge on any atom is -0.384 e. The maximum absolute atomic E-state index is 7.65. The predicted molar refractivity (Wildman–Crippen MR) is 73.0 cm³/mol. The predicted octanol–water partition coefficient (Wildman–Crippen LogP) is 1.69. The van der Waals surface area contributed by atoms with Crippen molar-refractivity contribution >= 4 is 11.7 Å². The van der Waals surface area contributed by atoms with Crippen molar-refractivity contribution in [1.82, 2.24) is 9.97 Å². The lowest BCUT2D eigenvalue weighted by molar-refractivity contribution is 0.361. The minimum absolute atomic E-state index is 0.0374. The first-order valence-corrected chi connectivity index (χ1v) is 6.45. The molecule has 0 radical (unpaired) electrons. The molecule has 0 spiro atoms. The Kier molecular flexibility index (Phi) is 3.50. The maximum atomic E-state index is 7.65. The lowest BCUT2D eigenvalue weighted by atomic mass is 9.92. The van der Waals surface area contributed by atoms with Gasteiger partial charge in [0.2, 0.25) is 0 Å². The molecule has 2 heterocycles. The summed E-state index contributed by atoms with van der Waals surface area (Å²) in [4.78, 5) is 10.9. The molecule has 5 nitrogen and oxygen atoms in total. The van der Waals surface area contributed by atoms with Crippen LogP contribution < -0.4 is 10.6 Å². The van der Waals surface area contributed by atoms with Crippen LogP contribution in [0.1, 0.15) is 38.1 Å². The molecular formula is C13H21N5. The molecule has 18 heavy (non-hydrogen) atoms. The Balaban J connectivity index is 2.42. The highest BCUT2D eigenvalue weighted by molar-refractivity contribution is 5.99. The lowest BCUT2D eigenvalue weighted by Crippen LogP contribution is -2.44. The summed E-state index contributed by atoms with van der Waals surface area (Å²) < 4.78 is 0. The van der Waals surface area contributed by atoms with Gasteiger partial charge in [0, 0.05) is 18.8 Å². The number of nitrogens with zero attached hydrogens (tertiary/aromatic N) is 3. The molecule has 98 valence electrons. The van der Waals surface area contributed by atoms with Crippen LogP contribution in [0, 0.1) is 18.3 Å². The molecule has 2 atom stereocenters. The van der Waals surface area contributed by atoms with E-state index in [4.69, 9.17) is 11.1 Å². The fourth-order valence-electron chi connectivity index (χ4n) is 2.50. The summed E-state index contributed by atoms with van der Waals surface area (Å²) in [5.41, 5.74) is 6.27. The van der Waals surface area contributed by atoms with Crippen molar-refractivity contribution in [1.29, 1.82) is 5.41 Å². The van der Waals surface area contributed by atoms with E-state index in [9.17, 15) is 0 Å². The number of aryl methyl sites for hydroxylation is 1. The summed E-state index contributed by atoms with van der Waals surface area (Å²) in [6.07, 6.45) is 4.06. The first kappa shape index (κ1) is 12.8. The van der Waals surface area contributed by atoms with Gasteiger partial charge in [-0.2, -0.15) is 0 Å². The van der Waals surface area contributed by atoms with Crippen molar-refractivity contribution in [2.75, 3.05) is 11.4 Å². The monoisotopic (exact) mass is 247 g/mol. The van der Waals surface area contributed by atoms with Crippen LogP contribution in [0.25, 0.3) is 0 Å². The summed E-state index contributed by atoms with van der Waals surface area (Å²) in [6.45, 7) is 7.32. The fourth-order valence-corrected chi connectivity index (χ4v) is 2.50. The number of anilines is 1. The minimum atomic E-state index is 0.0374. The highest BCUT2D eigenvalue weighted by Crippen LogP contribution is 2.29. The van der Waals surface area contributed by atoms with Crippen LogP contribution >= 0.6 is 0 Å². The van der Waals surface area contributed by atoms with Crippen LogP contribution in [0.3, 0.4) is 0 Å². The van der Waals surface area contributed by atoms with E-state index in [-0.39, 0.29) is 5.84 Å². The van der Waals surface area contributed by atoms with E-state index >= 15 is 0 Å². The average Bonchev–Trinajstić information content (AvgIpc) is 2.32. The molecule has 0 amide bonds. The maximum Gasteiger partial charge on any atom is 0.143 e. The molecule has 1 aromatic heterocycles. The number of nitrogen functional groups attached to an aromatic ring is 1. The van der Waals surface area contributed by atoms with Gasteiger partial charge >= 0.3 is 0 Å². The molecule has 1 aromatic rings. The van der Waals surface area contributed by atoms with Crippen LogP contribution in [0.15, 0.2) is 6.20 Å². The van der Waals surface area contributed by atoms with Crippen LogP contribution in [0.5, 0.6) is 0 Å². The molecule has 2 rings (SSSR count). The van der Waals surface area contributed by atoms with Crippen molar-refractivity contribution in [2.45, 2.75) is 39.7 Å². The molecule has 0 aromatic carbocycles. The second-order valence-electron chi connectivity index (χ2n) is 5.12. The second-order valence-corrected chi connectivity index (χ2v) is 5.12. The number of piperidine rings is 1. The van der Waals surface area contributed by atoms with Gasteiger partial charge in [-0.1, -0.05) is 6.92 Å². The number of aromatic nitrogens is 2. The SMILES string of the molecule is Cc1ncc(C(=N)N)c(N2CCCC(C)C2C)n1. The quantitative estimate of drug-likeness (QED) is 0.616. The summed E-state index contributed by atoms with van der Waals surface area (Å²) in [6, 6.07) is 0.422. The zero-order valence-electron chi connectivity index (χ0n) is 11.3. The third-order valence-corrected chi connectivity index (χ3v) is 3.82. The summed E-state index contributed by atoms with van der Waals surface area (Å²) in [7, 11) is 0. The van der Waals surface area contributed by atoms with Crippen LogP contribution in [-0.4, -0.2) is 28.4 Å². The Morgan fingerprint density at radius 2 is 2.22 bits per heavy atom. The Labute approximate surface area is 108 Å². The summed E-state index contributed by atoms with van der Waals surface area (Å²) >= 11 is 0. The van der Waals surface area contributed by atoms with E-state index in [0.29, 0.717) is 17.5 Å². The van der Waals surface area contributed by atoms with Crippen LogP contribution in [0.4, 0.5) is 5.82 Å². The number of rotatable bonds is 2. The van der Waals surface area contributed by atoms with Crippen molar-refractivity contribution in [2.24, 2.45) is 11.7 Å². The van der Waals surface area contributed by atoms with Gasteiger partial charge in [-0.3, -0.25) is 5.41 Å². The highest BCUT2D eigenvalue weighted by atomic mass is 15.2. The van der Waals surface area contributed by atoms with Gasteiger partial charge in [-0.15, -0.1) is 0 Å². The number of nitrogens with one attached hydrogen (secondary N) is 1. The lowest BCUT2D eigenvalue weighted by Gasteiger charge is -2.39. The summed E-state index contributed by atoms with van der Waals surface area (Å²) in [5, 5.41) is 7.65. The van der Waals surface area contributed by atoms with Crippen molar-refractivity contribution in [3.8, 4) is 0 Å². The van der Waals surface area contributed by atoms with Gasteiger partial charge in [-0.25, -0.2) is 9.97 Å². The molecule has 1 aliphatic heterocycles. The Morgan fingerprint density at radius 1 is 1.50 bits per heavy atom. The van der Waals surface area contributed by atoms with E-state index in [2.05, 4.69) is 28.7 Å². The van der Waals surface area contributed by atoms with Crippen molar-refractivity contribution in [3.63, 3.8) is 0 Å². The zero-order chi connectivity index (χ0) is 13.3. The Hall–Kier alpha value is -1.65. The third kappa shape index (κ3) is 2.30. The molecule has 5 heteroatoms. The first-order valence-electron chi connectivity index (χ1n) is 6.45. The standard InChI is InChI=1S/C13H21N5/c1-8-5-4-6-18(9(8)2)13-11(12(14)15)7-16-10(3)17-13/h7-9H,4-6H2,1-3H3,(H3,14,15). The molecule has 0 saturated carbocycles. The van der Waals surface area contributed by atoms with Gasteiger partial charge < -0.3 is 10.6 Å². The topological polar surface area (TPSA) is 78.9 Å². The van der Waals surface area contributed by atoms with Crippen molar-refractivity contribution < 1.29 is 0 Å².